The predicted octanol–water partition coefficient (Wildman–Crippen LogP) is 0.378. The molecule has 3 N–H and O–H groups in total. The maximum absolute atomic E-state index is 12.2. The SMILES string of the molecule is CN(c1ccc2cc(S(=O)(=O)O)cc(O)c2c1)S(=O)(=O)CCOS(=O)(=O)O. The van der Waals surface area contributed by atoms with E-state index in [0.29, 0.717) is 0 Å². The van der Waals surface area contributed by atoms with Crippen molar-refractivity contribution in [3.05, 3.63) is 30.3 Å². The van der Waals surface area contributed by atoms with Crippen molar-refractivity contribution in [2.24, 2.45) is 0 Å². The molecule has 2 rings (SSSR count). The number of nitrogens with zero attached hydrogens (tertiary/aromatic N) is 1. The molecule has 0 fully saturated rings. The monoisotopic (exact) mass is 441 g/mol. The van der Waals surface area contributed by atoms with E-state index in [0.717, 1.165) is 16.4 Å². The molecule has 0 aliphatic heterocycles. The fourth-order valence-electron chi connectivity index (χ4n) is 2.19. The predicted molar refractivity (Wildman–Crippen MR) is 95.1 cm³/mol. The lowest BCUT2D eigenvalue weighted by Crippen LogP contribution is -2.31. The number of hydrogen-bond donors (Lipinski definition) is 3. The highest BCUT2D eigenvalue weighted by molar-refractivity contribution is 7.92. The van der Waals surface area contributed by atoms with Crippen LogP contribution in [0, 0.1) is 0 Å². The average Bonchev–Trinajstić information content (AvgIpc) is 2.51. The number of aromatic hydroxyl groups is 1. The normalized spacial score (nSPS) is 13.0. The zero-order valence-corrected chi connectivity index (χ0v) is 16.1. The summed E-state index contributed by atoms with van der Waals surface area (Å²) in [5.74, 6) is -1.25. The molecule has 0 amide bonds. The van der Waals surface area contributed by atoms with Crippen LogP contribution in [0.25, 0.3) is 10.8 Å². The molecular formula is C13H15NO10S3. The lowest BCUT2D eigenvalue weighted by molar-refractivity contribution is 0.284. The average molecular weight is 441 g/mol. The van der Waals surface area contributed by atoms with Crippen molar-refractivity contribution >= 4 is 47.0 Å². The molecule has 0 bridgehead atoms. The van der Waals surface area contributed by atoms with Crippen LogP contribution < -0.4 is 4.31 Å². The lowest BCUT2D eigenvalue weighted by atomic mass is 10.1. The number of fused-ring (bicyclic) bond motifs is 1. The van der Waals surface area contributed by atoms with Gasteiger partial charge in [-0.1, -0.05) is 6.07 Å². The molecule has 0 heterocycles. The Bertz CT molecular complexity index is 1190. The molecule has 11 nitrogen and oxygen atoms in total. The molecule has 0 unspecified atom stereocenters. The van der Waals surface area contributed by atoms with E-state index in [1.54, 1.807) is 0 Å². The van der Waals surface area contributed by atoms with Crippen molar-refractivity contribution in [2.75, 3.05) is 23.7 Å². The van der Waals surface area contributed by atoms with Gasteiger partial charge in [0.15, 0.2) is 0 Å². The summed E-state index contributed by atoms with van der Waals surface area (Å²) in [5.41, 5.74) is 0.0873. The Hall–Kier alpha value is -1.97. The summed E-state index contributed by atoms with van der Waals surface area (Å²) in [6, 6.07) is 5.83. The molecule has 0 saturated heterocycles. The second-order valence-corrected chi connectivity index (χ2v) is 9.99. The Labute approximate surface area is 155 Å². The van der Waals surface area contributed by atoms with Crippen LogP contribution in [-0.2, 0) is 34.7 Å². The highest BCUT2D eigenvalue weighted by Crippen LogP contribution is 2.32. The quantitative estimate of drug-likeness (QED) is 0.509. The molecule has 14 heteroatoms. The van der Waals surface area contributed by atoms with Gasteiger partial charge in [-0.05, 0) is 23.6 Å². The molecule has 2 aromatic carbocycles. The maximum Gasteiger partial charge on any atom is 0.397 e. The molecule has 0 aliphatic rings. The molecule has 150 valence electrons. The summed E-state index contributed by atoms with van der Waals surface area (Å²) in [5, 5.41) is 10.3. The number of benzene rings is 2. The van der Waals surface area contributed by atoms with Crippen LogP contribution in [0.4, 0.5) is 5.69 Å². The van der Waals surface area contributed by atoms with Gasteiger partial charge in [-0.25, -0.2) is 12.6 Å². The minimum Gasteiger partial charge on any atom is -0.507 e. The Kier molecular flexibility index (Phi) is 5.70. The van der Waals surface area contributed by atoms with Crippen LogP contribution >= 0.6 is 0 Å². The van der Waals surface area contributed by atoms with Gasteiger partial charge in [0.05, 0.1) is 22.9 Å². The van der Waals surface area contributed by atoms with Crippen LogP contribution in [0.5, 0.6) is 5.75 Å². The second-order valence-electron chi connectivity index (χ2n) is 5.36. The summed E-state index contributed by atoms with van der Waals surface area (Å²) in [7, 11) is -12.2. The third-order valence-electron chi connectivity index (χ3n) is 3.54. The highest BCUT2D eigenvalue weighted by Gasteiger charge is 2.21. The van der Waals surface area contributed by atoms with Gasteiger partial charge in [0.25, 0.3) is 10.1 Å². The molecule has 0 atom stereocenters. The van der Waals surface area contributed by atoms with Crippen LogP contribution in [0.2, 0.25) is 0 Å². The first-order chi connectivity index (χ1) is 12.2. The zero-order chi connectivity index (χ0) is 20.6. The summed E-state index contributed by atoms with van der Waals surface area (Å²) in [6.45, 7) is -0.804. The summed E-state index contributed by atoms with van der Waals surface area (Å²) in [4.78, 5) is -0.524. The van der Waals surface area contributed by atoms with Gasteiger partial charge in [0.2, 0.25) is 10.0 Å². The number of sulfonamides is 1. The van der Waals surface area contributed by atoms with Gasteiger partial charge >= 0.3 is 10.4 Å². The maximum atomic E-state index is 12.2. The molecule has 0 aromatic heterocycles. The number of hydrogen-bond acceptors (Lipinski definition) is 8. The van der Waals surface area contributed by atoms with Crippen molar-refractivity contribution in [3.63, 3.8) is 0 Å². The van der Waals surface area contributed by atoms with E-state index in [1.165, 1.54) is 25.2 Å². The van der Waals surface area contributed by atoms with E-state index in [2.05, 4.69) is 4.18 Å². The van der Waals surface area contributed by atoms with Crippen molar-refractivity contribution in [1.82, 2.24) is 0 Å². The van der Waals surface area contributed by atoms with Crippen molar-refractivity contribution < 1.29 is 43.6 Å². The van der Waals surface area contributed by atoms with Gasteiger partial charge < -0.3 is 5.11 Å². The number of anilines is 1. The Morgan fingerprint density at radius 3 is 2.19 bits per heavy atom. The van der Waals surface area contributed by atoms with Crippen LogP contribution in [0.15, 0.2) is 35.2 Å². The first-order valence-corrected chi connectivity index (χ1v) is 11.4. The van der Waals surface area contributed by atoms with E-state index in [4.69, 9.17) is 9.11 Å². The Balaban J connectivity index is 2.37. The van der Waals surface area contributed by atoms with Gasteiger partial charge in [-0.2, -0.15) is 16.8 Å². The molecule has 0 radical (unpaired) electrons. The van der Waals surface area contributed by atoms with E-state index < -0.39 is 53.5 Å². The molecule has 27 heavy (non-hydrogen) atoms. The van der Waals surface area contributed by atoms with Gasteiger partial charge in [-0.3, -0.25) is 13.4 Å². The molecule has 0 spiro atoms. The third kappa shape index (κ3) is 5.27. The standard InChI is InChI=1S/C13H15NO10S3/c1-14(25(16,17)5-4-24-27(21,22)23)10-3-2-9-6-11(26(18,19)20)8-13(15)12(9)7-10/h2-3,6-8,15H,4-5H2,1H3,(H,18,19,20)(H,21,22,23). The zero-order valence-electron chi connectivity index (χ0n) is 13.7. The van der Waals surface area contributed by atoms with Gasteiger partial charge in [0, 0.05) is 18.5 Å². The third-order valence-corrected chi connectivity index (χ3v) is 6.57. The van der Waals surface area contributed by atoms with Gasteiger partial charge in [-0.15, -0.1) is 0 Å². The Morgan fingerprint density at radius 1 is 1.00 bits per heavy atom. The van der Waals surface area contributed by atoms with E-state index in [1.807, 2.05) is 0 Å². The van der Waals surface area contributed by atoms with Crippen molar-refractivity contribution in [1.29, 1.82) is 0 Å². The summed E-state index contributed by atoms with van der Waals surface area (Å²) < 4.78 is 90.1. The Morgan fingerprint density at radius 2 is 1.63 bits per heavy atom. The van der Waals surface area contributed by atoms with E-state index in [9.17, 15) is 30.4 Å². The first kappa shape index (κ1) is 21.3. The molecule has 0 aliphatic carbocycles. The number of phenolic OH excluding ortho intramolecular Hbond substituents is 1. The van der Waals surface area contributed by atoms with Crippen molar-refractivity contribution in [3.8, 4) is 5.75 Å². The fraction of sp³-hybridized carbons (Fsp3) is 0.231. The fourth-order valence-corrected chi connectivity index (χ4v) is 4.12. The molecular weight excluding hydrogens is 426 g/mol. The topological polar surface area (TPSA) is 176 Å². The van der Waals surface area contributed by atoms with Gasteiger partial charge in [0.1, 0.15) is 5.75 Å². The first-order valence-electron chi connectivity index (χ1n) is 7.03. The highest BCUT2D eigenvalue weighted by atomic mass is 32.3. The van der Waals surface area contributed by atoms with Crippen LogP contribution in [-0.4, -0.2) is 58.9 Å². The molecule has 0 saturated carbocycles. The van der Waals surface area contributed by atoms with Crippen LogP contribution in [0.1, 0.15) is 0 Å². The largest absolute Gasteiger partial charge is 0.507 e. The molecule has 2 aromatic rings. The number of rotatable bonds is 7. The van der Waals surface area contributed by atoms with E-state index in [-0.39, 0.29) is 16.5 Å². The van der Waals surface area contributed by atoms with Crippen LogP contribution in [0.3, 0.4) is 0 Å². The summed E-state index contributed by atoms with van der Waals surface area (Å²) in [6.07, 6.45) is 0. The lowest BCUT2D eigenvalue weighted by Gasteiger charge is -2.20. The smallest absolute Gasteiger partial charge is 0.397 e. The second kappa shape index (κ2) is 7.21. The minimum atomic E-state index is -4.77. The number of phenols is 1. The minimum absolute atomic E-state index is 0.0873. The van der Waals surface area contributed by atoms with Crippen molar-refractivity contribution in [2.45, 2.75) is 4.90 Å². The van der Waals surface area contributed by atoms with E-state index >= 15 is 0 Å². The summed E-state index contributed by atoms with van der Waals surface area (Å²) >= 11 is 0.